The molecule has 2 rings (SSSR count). The molecule has 2 aliphatic rings. The summed E-state index contributed by atoms with van der Waals surface area (Å²) in [5.74, 6) is 0.852. The number of hydrogen-bond acceptors (Lipinski definition) is 0. The maximum Gasteiger partial charge on any atom is -0.0116 e. The summed E-state index contributed by atoms with van der Waals surface area (Å²) in [6.07, 6.45) is 15.8. The summed E-state index contributed by atoms with van der Waals surface area (Å²) >= 11 is 0. The zero-order valence-electron chi connectivity index (χ0n) is 11.1. The first-order valence-corrected chi connectivity index (χ1v) is 7.42. The minimum atomic E-state index is 0.493. The molecule has 0 spiro atoms. The molecule has 2 aliphatic carbocycles. The molecule has 0 bridgehead atoms. The van der Waals surface area contributed by atoms with Gasteiger partial charge in [-0.15, -0.1) is 0 Å². The average molecular weight is 220 g/mol. The molecule has 0 saturated heterocycles. The van der Waals surface area contributed by atoms with Crippen LogP contribution in [0.2, 0.25) is 0 Å². The lowest BCUT2D eigenvalue weighted by Gasteiger charge is -2.39. The summed E-state index contributed by atoms with van der Waals surface area (Å²) in [5.41, 5.74) is 2.11. The van der Waals surface area contributed by atoms with E-state index in [2.05, 4.69) is 13.5 Å². The van der Waals surface area contributed by atoms with Gasteiger partial charge in [-0.25, -0.2) is 0 Å². The molecule has 2 fully saturated rings. The quantitative estimate of drug-likeness (QED) is 0.427. The van der Waals surface area contributed by atoms with Crippen molar-refractivity contribution in [3.05, 3.63) is 12.2 Å². The standard InChI is InChI=1S/C16H28/c1-14(15-10-6-3-4-7-11-15)16(2)12-8-5-9-13-16/h15H,1,3-13H2,2H3. The van der Waals surface area contributed by atoms with Crippen LogP contribution in [0.1, 0.15) is 77.6 Å². The predicted octanol–water partition coefficient (Wildman–Crippen LogP) is 5.48. The third kappa shape index (κ3) is 2.70. The van der Waals surface area contributed by atoms with Crippen molar-refractivity contribution in [2.24, 2.45) is 11.3 Å². The van der Waals surface area contributed by atoms with E-state index in [9.17, 15) is 0 Å². The van der Waals surface area contributed by atoms with Gasteiger partial charge < -0.3 is 0 Å². The second-order valence-electron chi connectivity index (χ2n) is 6.34. The Labute approximate surface area is 102 Å². The van der Waals surface area contributed by atoms with Gasteiger partial charge in [0.15, 0.2) is 0 Å². The van der Waals surface area contributed by atoms with Crippen LogP contribution in [0, 0.1) is 11.3 Å². The third-order valence-electron chi connectivity index (χ3n) is 5.08. The summed E-state index contributed by atoms with van der Waals surface area (Å²) < 4.78 is 0. The van der Waals surface area contributed by atoms with Crippen LogP contribution in [0.15, 0.2) is 12.2 Å². The van der Waals surface area contributed by atoms with Crippen LogP contribution in [0.5, 0.6) is 0 Å². The lowest BCUT2D eigenvalue weighted by atomic mass is 9.66. The number of rotatable bonds is 2. The summed E-state index contributed by atoms with van der Waals surface area (Å²) in [7, 11) is 0. The van der Waals surface area contributed by atoms with E-state index in [0.29, 0.717) is 5.41 Å². The van der Waals surface area contributed by atoms with Crippen LogP contribution in [-0.2, 0) is 0 Å². The lowest BCUT2D eigenvalue weighted by molar-refractivity contribution is 0.238. The van der Waals surface area contributed by atoms with Crippen molar-refractivity contribution in [1.82, 2.24) is 0 Å². The van der Waals surface area contributed by atoms with E-state index < -0.39 is 0 Å². The van der Waals surface area contributed by atoms with E-state index in [-0.39, 0.29) is 0 Å². The van der Waals surface area contributed by atoms with Crippen LogP contribution < -0.4 is 0 Å². The molecule has 0 unspecified atom stereocenters. The Morgan fingerprint density at radius 1 is 0.875 bits per heavy atom. The van der Waals surface area contributed by atoms with Crippen molar-refractivity contribution < 1.29 is 0 Å². The minimum Gasteiger partial charge on any atom is -0.0990 e. The van der Waals surface area contributed by atoms with E-state index in [1.54, 1.807) is 5.57 Å². The van der Waals surface area contributed by atoms with Gasteiger partial charge in [0.05, 0.1) is 0 Å². The summed E-state index contributed by atoms with van der Waals surface area (Å²) in [6, 6.07) is 0. The zero-order valence-corrected chi connectivity index (χ0v) is 11.1. The Morgan fingerprint density at radius 3 is 1.94 bits per heavy atom. The SMILES string of the molecule is C=C(C1CCCCCC1)C1(C)CCCCC1. The molecule has 0 aromatic rings. The van der Waals surface area contributed by atoms with Gasteiger partial charge in [-0.2, -0.15) is 0 Å². The smallest absolute Gasteiger partial charge is 0.0116 e. The molecule has 92 valence electrons. The first kappa shape index (κ1) is 12.2. The molecule has 0 heteroatoms. The van der Waals surface area contributed by atoms with Gasteiger partial charge in [-0.05, 0) is 37.0 Å². The highest BCUT2D eigenvalue weighted by Gasteiger charge is 2.33. The highest BCUT2D eigenvalue weighted by Crippen LogP contribution is 2.46. The van der Waals surface area contributed by atoms with Gasteiger partial charge in [0.2, 0.25) is 0 Å². The molecule has 0 nitrogen and oxygen atoms in total. The van der Waals surface area contributed by atoms with Crippen molar-refractivity contribution in [1.29, 1.82) is 0 Å². The number of allylic oxidation sites excluding steroid dienone is 1. The zero-order chi connectivity index (χ0) is 11.4. The summed E-state index contributed by atoms with van der Waals surface area (Å²) in [4.78, 5) is 0. The maximum absolute atomic E-state index is 4.52. The van der Waals surface area contributed by atoms with E-state index in [1.165, 1.54) is 70.6 Å². The van der Waals surface area contributed by atoms with Crippen molar-refractivity contribution in [2.75, 3.05) is 0 Å². The largest absolute Gasteiger partial charge is 0.0990 e. The second kappa shape index (κ2) is 5.38. The van der Waals surface area contributed by atoms with Gasteiger partial charge in [0.1, 0.15) is 0 Å². The lowest BCUT2D eigenvalue weighted by Crippen LogP contribution is -2.26. The average Bonchev–Trinajstić information content (AvgIpc) is 2.57. The number of hydrogen-bond donors (Lipinski definition) is 0. The maximum atomic E-state index is 4.52. The van der Waals surface area contributed by atoms with E-state index in [1.807, 2.05) is 0 Å². The van der Waals surface area contributed by atoms with Crippen molar-refractivity contribution in [3.8, 4) is 0 Å². The fourth-order valence-corrected chi connectivity index (χ4v) is 3.77. The predicted molar refractivity (Wildman–Crippen MR) is 71.5 cm³/mol. The second-order valence-corrected chi connectivity index (χ2v) is 6.34. The fourth-order valence-electron chi connectivity index (χ4n) is 3.77. The van der Waals surface area contributed by atoms with E-state index >= 15 is 0 Å². The highest BCUT2D eigenvalue weighted by atomic mass is 14.4. The normalized spacial score (nSPS) is 27.3. The minimum absolute atomic E-state index is 0.493. The molecule has 0 amide bonds. The van der Waals surface area contributed by atoms with Gasteiger partial charge in [0.25, 0.3) is 0 Å². The Bertz CT molecular complexity index is 224. The Kier molecular flexibility index (Phi) is 4.10. The third-order valence-corrected chi connectivity index (χ3v) is 5.08. The molecule has 0 aromatic carbocycles. The molecule has 0 atom stereocenters. The van der Waals surface area contributed by atoms with Gasteiger partial charge in [0, 0.05) is 0 Å². The highest BCUT2D eigenvalue weighted by molar-refractivity contribution is 5.14. The van der Waals surface area contributed by atoms with Crippen molar-refractivity contribution in [3.63, 3.8) is 0 Å². The molecule has 0 N–H and O–H groups in total. The molecule has 0 aliphatic heterocycles. The first-order valence-electron chi connectivity index (χ1n) is 7.42. The van der Waals surface area contributed by atoms with Crippen LogP contribution in [0.25, 0.3) is 0 Å². The molecular weight excluding hydrogens is 192 g/mol. The summed E-state index contributed by atoms with van der Waals surface area (Å²) in [6.45, 7) is 7.00. The molecule has 0 heterocycles. The van der Waals surface area contributed by atoms with Crippen LogP contribution in [0.3, 0.4) is 0 Å². The fraction of sp³-hybridized carbons (Fsp3) is 0.875. The van der Waals surface area contributed by atoms with Crippen molar-refractivity contribution in [2.45, 2.75) is 77.6 Å². The summed E-state index contributed by atoms with van der Waals surface area (Å²) in [5, 5.41) is 0. The van der Waals surface area contributed by atoms with Crippen LogP contribution in [0.4, 0.5) is 0 Å². The molecule has 0 aromatic heterocycles. The Hall–Kier alpha value is -0.260. The van der Waals surface area contributed by atoms with E-state index in [0.717, 1.165) is 5.92 Å². The van der Waals surface area contributed by atoms with Crippen LogP contribution >= 0.6 is 0 Å². The molecular formula is C16H28. The Balaban J connectivity index is 1.98. The molecule has 0 radical (unpaired) electrons. The molecule has 16 heavy (non-hydrogen) atoms. The Morgan fingerprint density at radius 2 is 1.38 bits per heavy atom. The van der Waals surface area contributed by atoms with Gasteiger partial charge >= 0.3 is 0 Å². The van der Waals surface area contributed by atoms with E-state index in [4.69, 9.17) is 0 Å². The molecule has 2 saturated carbocycles. The first-order chi connectivity index (χ1) is 7.72. The van der Waals surface area contributed by atoms with Gasteiger partial charge in [-0.3, -0.25) is 0 Å². The van der Waals surface area contributed by atoms with Gasteiger partial charge in [-0.1, -0.05) is 64.0 Å². The van der Waals surface area contributed by atoms with Crippen molar-refractivity contribution >= 4 is 0 Å². The monoisotopic (exact) mass is 220 g/mol. The topological polar surface area (TPSA) is 0 Å². The van der Waals surface area contributed by atoms with Crippen LogP contribution in [-0.4, -0.2) is 0 Å².